The smallest absolute Gasteiger partial charge is 0.243 e. The van der Waals surface area contributed by atoms with Crippen molar-refractivity contribution in [2.45, 2.75) is 38.1 Å². The average molecular weight is 407 g/mol. The third-order valence-corrected chi connectivity index (χ3v) is 5.41. The number of unbranched alkanes of at least 4 members (excludes halogenated alkanes) is 3. The van der Waals surface area contributed by atoms with Crippen LogP contribution in [-0.2, 0) is 4.79 Å². The molecule has 1 aromatic rings. The van der Waals surface area contributed by atoms with E-state index in [0.29, 0.717) is 12.6 Å². The highest BCUT2D eigenvalue weighted by atomic mass is 32.2. The number of nitrogens with zero attached hydrogens (tertiary/aromatic N) is 2. The molecule has 1 unspecified atom stereocenters. The van der Waals surface area contributed by atoms with Crippen molar-refractivity contribution in [3.63, 3.8) is 0 Å². The number of rotatable bonds is 10. The molecule has 0 fully saturated rings. The molecule has 0 saturated heterocycles. The molecule has 1 aromatic carbocycles. The van der Waals surface area contributed by atoms with E-state index in [-0.39, 0.29) is 18.5 Å². The maximum atomic E-state index is 12.0. The molecule has 0 aromatic heterocycles. The van der Waals surface area contributed by atoms with Gasteiger partial charge < -0.3 is 20.3 Å². The number of carbonyl (C=O) groups excluding carboxylic acids is 1. The predicted molar refractivity (Wildman–Crippen MR) is 118 cm³/mol. The predicted octanol–water partition coefficient (Wildman–Crippen LogP) is 3.06. The van der Waals surface area contributed by atoms with Crippen LogP contribution in [0.3, 0.4) is 0 Å². The van der Waals surface area contributed by atoms with E-state index in [4.69, 9.17) is 4.74 Å². The van der Waals surface area contributed by atoms with Crippen LogP contribution in [0.25, 0.3) is 0 Å². The molecule has 1 atom stereocenters. The lowest BCUT2D eigenvalue weighted by Crippen LogP contribution is -2.42. The van der Waals surface area contributed by atoms with Gasteiger partial charge in [0.2, 0.25) is 5.91 Å². The topological polar surface area (TPSA) is 66.0 Å². The maximum absolute atomic E-state index is 12.0. The summed E-state index contributed by atoms with van der Waals surface area (Å²) in [6, 6.07) is 8.22. The van der Waals surface area contributed by atoms with Crippen molar-refractivity contribution in [2.75, 3.05) is 45.8 Å². The number of carbonyl (C=O) groups is 1. The van der Waals surface area contributed by atoms with E-state index in [1.54, 1.807) is 19.0 Å². The van der Waals surface area contributed by atoms with Gasteiger partial charge in [-0.2, -0.15) is 11.8 Å². The first kappa shape index (κ1) is 22.4. The van der Waals surface area contributed by atoms with Gasteiger partial charge in [-0.3, -0.25) is 4.79 Å². The average Bonchev–Trinajstić information content (AvgIpc) is 2.71. The largest absolute Gasteiger partial charge is 0.493 e. The number of hydrogen-bond donors (Lipinski definition) is 2. The van der Waals surface area contributed by atoms with E-state index in [9.17, 15) is 4.79 Å². The lowest BCUT2D eigenvalue weighted by atomic mass is 10.0. The molecule has 0 saturated carbocycles. The molecule has 6 nitrogen and oxygen atoms in total. The van der Waals surface area contributed by atoms with Crippen LogP contribution in [0.1, 0.15) is 43.7 Å². The molecule has 28 heavy (non-hydrogen) atoms. The van der Waals surface area contributed by atoms with Gasteiger partial charge in [-0.15, -0.1) is 0 Å². The van der Waals surface area contributed by atoms with Gasteiger partial charge in [0.1, 0.15) is 12.3 Å². The molecule has 156 valence electrons. The molecule has 0 aliphatic carbocycles. The fraction of sp³-hybridized carbons (Fsp3) is 0.619. The zero-order valence-electron chi connectivity index (χ0n) is 17.4. The van der Waals surface area contributed by atoms with E-state index in [1.807, 2.05) is 30.0 Å². The van der Waals surface area contributed by atoms with Gasteiger partial charge in [-0.25, -0.2) is 4.99 Å². The molecular formula is C21H34N4O2S. The summed E-state index contributed by atoms with van der Waals surface area (Å²) >= 11 is 1.90. The van der Waals surface area contributed by atoms with E-state index in [1.165, 1.54) is 25.0 Å². The van der Waals surface area contributed by atoms with Gasteiger partial charge in [-0.05, 0) is 30.9 Å². The van der Waals surface area contributed by atoms with Gasteiger partial charge in [0, 0.05) is 32.6 Å². The Morgan fingerprint density at radius 2 is 2.04 bits per heavy atom. The second kappa shape index (κ2) is 12.5. The molecule has 1 aliphatic rings. The Bertz CT molecular complexity index is 637. The highest BCUT2D eigenvalue weighted by molar-refractivity contribution is 7.98. The first-order valence-corrected chi connectivity index (χ1v) is 11.5. The van der Waals surface area contributed by atoms with Gasteiger partial charge in [0.15, 0.2) is 5.96 Å². The Balaban J connectivity index is 1.93. The van der Waals surface area contributed by atoms with Gasteiger partial charge in [-0.1, -0.05) is 31.0 Å². The van der Waals surface area contributed by atoms with Crippen molar-refractivity contribution >= 4 is 23.6 Å². The van der Waals surface area contributed by atoms with Crippen LogP contribution < -0.4 is 15.4 Å². The Morgan fingerprint density at radius 1 is 1.25 bits per heavy atom. The molecule has 1 heterocycles. The standard InChI is InChI=1S/C21H34N4O2S/c1-25(2)20(26)16-23-21(22-13-8-4-5-9-15-28-3)24-18-12-14-27-19-11-7-6-10-17(18)19/h6-7,10-11,18H,4-5,8-9,12-16H2,1-3H3,(H2,22,23,24). The Hall–Kier alpha value is -1.89. The summed E-state index contributed by atoms with van der Waals surface area (Å²) in [4.78, 5) is 18.0. The van der Waals surface area contributed by atoms with Gasteiger partial charge >= 0.3 is 0 Å². The minimum absolute atomic E-state index is 0.00876. The lowest BCUT2D eigenvalue weighted by Gasteiger charge is -2.28. The molecule has 2 N–H and O–H groups in total. The molecule has 1 aliphatic heterocycles. The summed E-state index contributed by atoms with van der Waals surface area (Å²) < 4.78 is 5.75. The van der Waals surface area contributed by atoms with Crippen molar-refractivity contribution in [3.8, 4) is 5.75 Å². The van der Waals surface area contributed by atoms with Gasteiger partial charge in [0.25, 0.3) is 0 Å². The summed E-state index contributed by atoms with van der Waals surface area (Å²) in [7, 11) is 3.50. The number of guanidine groups is 1. The number of thioether (sulfide) groups is 1. The summed E-state index contributed by atoms with van der Waals surface area (Å²) in [6.07, 6.45) is 7.86. The molecule has 0 radical (unpaired) electrons. The highest BCUT2D eigenvalue weighted by Crippen LogP contribution is 2.31. The number of hydrogen-bond acceptors (Lipinski definition) is 4. The van der Waals surface area contributed by atoms with Crippen LogP contribution >= 0.6 is 11.8 Å². The fourth-order valence-corrected chi connectivity index (χ4v) is 3.52. The fourth-order valence-electron chi connectivity index (χ4n) is 3.03. The number of nitrogens with one attached hydrogen (secondary N) is 2. The van der Waals surface area contributed by atoms with Crippen LogP contribution in [0, 0.1) is 0 Å². The van der Waals surface area contributed by atoms with Crippen LogP contribution in [0.5, 0.6) is 5.75 Å². The zero-order chi connectivity index (χ0) is 20.2. The van der Waals surface area contributed by atoms with Crippen molar-refractivity contribution < 1.29 is 9.53 Å². The monoisotopic (exact) mass is 406 g/mol. The minimum atomic E-state index is -0.00876. The highest BCUT2D eigenvalue weighted by Gasteiger charge is 2.22. The summed E-state index contributed by atoms with van der Waals surface area (Å²) in [6.45, 7) is 1.67. The van der Waals surface area contributed by atoms with Crippen LogP contribution in [0.15, 0.2) is 29.3 Å². The van der Waals surface area contributed by atoms with Crippen LogP contribution in [0.2, 0.25) is 0 Å². The van der Waals surface area contributed by atoms with Crippen molar-refractivity contribution in [1.29, 1.82) is 0 Å². The molecule has 1 amide bonds. The number of para-hydroxylation sites is 1. The van der Waals surface area contributed by atoms with Crippen LogP contribution in [-0.4, -0.2) is 62.6 Å². The SMILES string of the molecule is CSCCCCCCNC(=NCC(=O)N(C)C)NC1CCOc2ccccc21. The van der Waals surface area contributed by atoms with E-state index >= 15 is 0 Å². The van der Waals surface area contributed by atoms with E-state index < -0.39 is 0 Å². The maximum Gasteiger partial charge on any atom is 0.243 e. The summed E-state index contributed by atoms with van der Waals surface area (Å²) in [5, 5.41) is 6.91. The number of amides is 1. The Kier molecular flexibility index (Phi) is 10.0. The first-order chi connectivity index (χ1) is 13.6. The number of likely N-dealkylation sites (N-methyl/N-ethyl adjacent to an activating group) is 1. The van der Waals surface area contributed by atoms with Crippen molar-refractivity contribution in [1.82, 2.24) is 15.5 Å². The minimum Gasteiger partial charge on any atom is -0.493 e. The van der Waals surface area contributed by atoms with E-state index in [0.717, 1.165) is 30.7 Å². The Morgan fingerprint density at radius 3 is 2.82 bits per heavy atom. The summed E-state index contributed by atoms with van der Waals surface area (Å²) in [5.74, 6) is 2.84. The third kappa shape index (κ3) is 7.62. The normalized spacial score (nSPS) is 16.1. The molecule has 2 rings (SSSR count). The van der Waals surface area contributed by atoms with E-state index in [2.05, 4.69) is 27.9 Å². The first-order valence-electron chi connectivity index (χ1n) is 10.1. The number of benzene rings is 1. The lowest BCUT2D eigenvalue weighted by molar-refractivity contribution is -0.127. The number of ether oxygens (including phenoxy) is 1. The Labute approximate surface area is 173 Å². The number of fused-ring (bicyclic) bond motifs is 1. The van der Waals surface area contributed by atoms with Crippen LogP contribution in [0.4, 0.5) is 0 Å². The molecule has 7 heteroatoms. The summed E-state index contributed by atoms with van der Waals surface area (Å²) in [5.41, 5.74) is 1.14. The molecule has 0 bridgehead atoms. The third-order valence-electron chi connectivity index (χ3n) is 4.71. The van der Waals surface area contributed by atoms with Crippen molar-refractivity contribution in [2.24, 2.45) is 4.99 Å². The quantitative estimate of drug-likeness (QED) is 0.355. The molecule has 0 spiro atoms. The molecular weight excluding hydrogens is 372 g/mol. The number of aliphatic imine (C=N–C) groups is 1. The second-order valence-corrected chi connectivity index (χ2v) is 8.14. The zero-order valence-corrected chi connectivity index (χ0v) is 18.2. The second-order valence-electron chi connectivity index (χ2n) is 7.16. The van der Waals surface area contributed by atoms with Gasteiger partial charge in [0.05, 0.1) is 12.6 Å². The van der Waals surface area contributed by atoms with Crippen molar-refractivity contribution in [3.05, 3.63) is 29.8 Å².